The van der Waals surface area contributed by atoms with Crippen molar-refractivity contribution in [2.75, 3.05) is 26.2 Å². The molecule has 0 spiro atoms. The maximum atomic E-state index is 12.0. The van der Waals surface area contributed by atoms with Gasteiger partial charge in [0.05, 0.1) is 12.2 Å². The Morgan fingerprint density at radius 3 is 2.57 bits per heavy atom. The van der Waals surface area contributed by atoms with Crippen LogP contribution in [-0.2, 0) is 18.4 Å². The minimum atomic E-state index is -0.831. The van der Waals surface area contributed by atoms with Gasteiger partial charge in [-0.2, -0.15) is 5.10 Å². The number of nitrogens with one attached hydrogen (secondary N) is 1. The summed E-state index contributed by atoms with van der Waals surface area (Å²) in [6.07, 6.45) is 1.83. The molecule has 0 aromatic carbocycles. The third-order valence-corrected chi connectivity index (χ3v) is 3.70. The van der Waals surface area contributed by atoms with Crippen LogP contribution in [0.2, 0.25) is 0 Å². The van der Waals surface area contributed by atoms with Crippen molar-refractivity contribution in [3.8, 4) is 0 Å². The van der Waals surface area contributed by atoms with Crippen molar-refractivity contribution in [3.63, 3.8) is 0 Å². The molecule has 0 aliphatic carbocycles. The minimum Gasteiger partial charge on any atom is -0.480 e. The summed E-state index contributed by atoms with van der Waals surface area (Å²) in [6, 6.07) is 1.21. The van der Waals surface area contributed by atoms with Gasteiger partial charge in [0.2, 0.25) is 0 Å². The highest BCUT2D eigenvalue weighted by atomic mass is 16.4. The molecule has 1 aromatic rings. The summed E-state index contributed by atoms with van der Waals surface area (Å²) in [7, 11) is 1.83. The number of urea groups is 1. The van der Waals surface area contributed by atoms with E-state index < -0.39 is 12.0 Å². The van der Waals surface area contributed by atoms with Crippen LogP contribution in [0.15, 0.2) is 12.3 Å². The monoisotopic (exact) mass is 295 g/mol. The maximum absolute atomic E-state index is 12.0. The normalized spacial score (nSPS) is 17.5. The van der Waals surface area contributed by atoms with E-state index in [9.17, 15) is 9.59 Å². The lowest BCUT2D eigenvalue weighted by Gasteiger charge is -2.36. The van der Waals surface area contributed by atoms with Crippen LogP contribution in [0.5, 0.6) is 0 Å². The Hall–Kier alpha value is -2.09. The van der Waals surface area contributed by atoms with Gasteiger partial charge in [0.1, 0.15) is 6.04 Å². The molecule has 116 valence electrons. The quantitative estimate of drug-likeness (QED) is 0.797. The summed E-state index contributed by atoms with van der Waals surface area (Å²) < 4.78 is 1.69. The lowest BCUT2D eigenvalue weighted by atomic mass is 10.2. The summed E-state index contributed by atoms with van der Waals surface area (Å²) in [5, 5.41) is 16.0. The number of amides is 2. The van der Waals surface area contributed by atoms with Crippen LogP contribution < -0.4 is 5.32 Å². The molecule has 1 aliphatic heterocycles. The topological polar surface area (TPSA) is 90.7 Å². The molecular weight excluding hydrogens is 274 g/mol. The Kier molecular flexibility index (Phi) is 4.79. The lowest BCUT2D eigenvalue weighted by Crippen LogP contribution is -2.55. The summed E-state index contributed by atoms with van der Waals surface area (Å²) in [5.41, 5.74) is 0.809. The highest BCUT2D eigenvalue weighted by molar-refractivity contribution is 5.74. The number of carboxylic acids is 1. The zero-order valence-electron chi connectivity index (χ0n) is 12.3. The van der Waals surface area contributed by atoms with Crippen LogP contribution in [0, 0.1) is 0 Å². The zero-order chi connectivity index (χ0) is 15.4. The van der Waals surface area contributed by atoms with Crippen LogP contribution in [0.4, 0.5) is 4.79 Å². The number of aliphatic carboxylic acids is 1. The van der Waals surface area contributed by atoms with Crippen molar-refractivity contribution in [2.24, 2.45) is 7.05 Å². The molecule has 8 heteroatoms. The molecule has 8 nitrogen and oxygen atoms in total. The minimum absolute atomic E-state index is 0.136. The second-order valence-corrected chi connectivity index (χ2v) is 5.18. The van der Waals surface area contributed by atoms with E-state index in [0.717, 1.165) is 5.69 Å². The highest BCUT2D eigenvalue weighted by Gasteiger charge is 2.26. The first-order chi connectivity index (χ1) is 9.97. The van der Waals surface area contributed by atoms with Crippen LogP contribution in [0.3, 0.4) is 0 Å². The van der Waals surface area contributed by atoms with Gasteiger partial charge in [-0.25, -0.2) is 4.79 Å². The summed E-state index contributed by atoms with van der Waals surface area (Å²) in [4.78, 5) is 26.5. The van der Waals surface area contributed by atoms with Crippen LogP contribution in [0.25, 0.3) is 0 Å². The SMILES string of the molecule is CC(C(=O)O)N1CCN(C(=O)NCc2ccn(C)n2)CC1. The van der Waals surface area contributed by atoms with Crippen molar-refractivity contribution in [1.82, 2.24) is 24.9 Å². The number of piperazine rings is 1. The van der Waals surface area contributed by atoms with Crippen LogP contribution in [0.1, 0.15) is 12.6 Å². The molecule has 1 unspecified atom stereocenters. The number of carbonyl (C=O) groups is 2. The van der Waals surface area contributed by atoms with Gasteiger partial charge in [-0.3, -0.25) is 14.4 Å². The van der Waals surface area contributed by atoms with Gasteiger partial charge in [0.15, 0.2) is 0 Å². The van der Waals surface area contributed by atoms with Gasteiger partial charge in [-0.05, 0) is 13.0 Å². The van der Waals surface area contributed by atoms with E-state index in [1.807, 2.05) is 24.2 Å². The van der Waals surface area contributed by atoms with Gasteiger partial charge >= 0.3 is 12.0 Å². The average molecular weight is 295 g/mol. The molecular formula is C13H21N5O3. The Morgan fingerprint density at radius 1 is 1.38 bits per heavy atom. The van der Waals surface area contributed by atoms with E-state index >= 15 is 0 Å². The Morgan fingerprint density at radius 2 is 2.05 bits per heavy atom. The molecule has 2 N–H and O–H groups in total. The predicted molar refractivity (Wildman–Crippen MR) is 75.7 cm³/mol. The van der Waals surface area contributed by atoms with Gasteiger partial charge < -0.3 is 15.3 Å². The molecule has 0 bridgehead atoms. The second-order valence-electron chi connectivity index (χ2n) is 5.18. The Labute approximate surface area is 123 Å². The standard InChI is InChI=1S/C13H21N5O3/c1-10(12(19)20)17-5-7-18(8-6-17)13(21)14-9-11-3-4-16(2)15-11/h3-4,10H,5-9H2,1-2H3,(H,14,21)(H,19,20). The number of carboxylic acid groups (broad SMARTS) is 1. The van der Waals surface area contributed by atoms with Crippen LogP contribution in [-0.4, -0.2) is 68.9 Å². The van der Waals surface area contributed by atoms with Gasteiger partial charge in [0.25, 0.3) is 0 Å². The molecule has 0 saturated carbocycles. The number of aromatic nitrogens is 2. The number of nitrogens with zero attached hydrogens (tertiary/aromatic N) is 4. The fraction of sp³-hybridized carbons (Fsp3) is 0.615. The lowest BCUT2D eigenvalue weighted by molar-refractivity contribution is -0.143. The first-order valence-corrected chi connectivity index (χ1v) is 6.95. The largest absolute Gasteiger partial charge is 0.480 e. The highest BCUT2D eigenvalue weighted by Crippen LogP contribution is 2.07. The Bertz CT molecular complexity index is 508. The smallest absolute Gasteiger partial charge is 0.320 e. The Balaban J connectivity index is 1.76. The molecule has 2 amide bonds. The van der Waals surface area contributed by atoms with E-state index in [1.54, 1.807) is 16.5 Å². The molecule has 1 fully saturated rings. The van der Waals surface area contributed by atoms with Gasteiger partial charge in [0, 0.05) is 39.4 Å². The number of carbonyl (C=O) groups excluding carboxylic acids is 1. The van der Waals surface area contributed by atoms with E-state index in [2.05, 4.69) is 10.4 Å². The van der Waals surface area contributed by atoms with E-state index in [4.69, 9.17) is 5.11 Å². The molecule has 2 rings (SSSR count). The van der Waals surface area contributed by atoms with Crippen LogP contribution >= 0.6 is 0 Å². The van der Waals surface area contributed by atoms with Crippen molar-refractivity contribution in [3.05, 3.63) is 18.0 Å². The number of aryl methyl sites for hydroxylation is 1. The van der Waals surface area contributed by atoms with Gasteiger partial charge in [-0.15, -0.1) is 0 Å². The fourth-order valence-electron chi connectivity index (χ4n) is 2.30. The fourth-order valence-corrected chi connectivity index (χ4v) is 2.30. The average Bonchev–Trinajstić information content (AvgIpc) is 2.89. The number of hydrogen-bond acceptors (Lipinski definition) is 4. The van der Waals surface area contributed by atoms with E-state index in [-0.39, 0.29) is 6.03 Å². The molecule has 2 heterocycles. The molecule has 0 radical (unpaired) electrons. The zero-order valence-corrected chi connectivity index (χ0v) is 12.3. The summed E-state index contributed by atoms with van der Waals surface area (Å²) >= 11 is 0. The van der Waals surface area contributed by atoms with E-state index in [1.165, 1.54) is 0 Å². The van der Waals surface area contributed by atoms with Gasteiger partial charge in [-0.1, -0.05) is 0 Å². The third-order valence-electron chi connectivity index (χ3n) is 3.70. The van der Waals surface area contributed by atoms with Crippen molar-refractivity contribution in [2.45, 2.75) is 19.5 Å². The predicted octanol–water partition coefficient (Wildman–Crippen LogP) is -0.280. The molecule has 1 atom stereocenters. The molecule has 1 saturated heterocycles. The summed E-state index contributed by atoms with van der Waals surface area (Å²) in [5.74, 6) is -0.831. The van der Waals surface area contributed by atoms with Crippen molar-refractivity contribution >= 4 is 12.0 Å². The number of hydrogen-bond donors (Lipinski definition) is 2. The summed E-state index contributed by atoms with van der Waals surface area (Å²) in [6.45, 7) is 4.27. The van der Waals surface area contributed by atoms with Crippen molar-refractivity contribution in [1.29, 1.82) is 0 Å². The third kappa shape index (κ3) is 3.94. The molecule has 1 aliphatic rings. The number of rotatable bonds is 4. The first-order valence-electron chi connectivity index (χ1n) is 6.95. The first kappa shape index (κ1) is 15.3. The maximum Gasteiger partial charge on any atom is 0.320 e. The second kappa shape index (κ2) is 6.57. The molecule has 1 aromatic heterocycles. The molecule has 21 heavy (non-hydrogen) atoms. The van der Waals surface area contributed by atoms with Crippen molar-refractivity contribution < 1.29 is 14.7 Å². The van der Waals surface area contributed by atoms with E-state index in [0.29, 0.717) is 32.7 Å².